The maximum atomic E-state index is 8.79. The van der Waals surface area contributed by atoms with Crippen molar-refractivity contribution >= 4 is 11.8 Å². The second-order valence-electron chi connectivity index (χ2n) is 5.57. The number of hydrogen-bond acceptors (Lipinski definition) is 8. The van der Waals surface area contributed by atoms with E-state index in [0.29, 0.717) is 46.2 Å². The Labute approximate surface area is 166 Å². The number of nitrogen functional groups attached to an aromatic ring is 1. The lowest BCUT2D eigenvalue weighted by Gasteiger charge is -2.08. The molecule has 3 rings (SSSR count). The first kappa shape index (κ1) is 19.4. The van der Waals surface area contributed by atoms with E-state index in [9.17, 15) is 0 Å². The van der Waals surface area contributed by atoms with Gasteiger partial charge >= 0.3 is 0 Å². The van der Waals surface area contributed by atoms with Crippen LogP contribution in [0.4, 0.5) is 0 Å². The number of rotatable bonds is 9. The predicted octanol–water partition coefficient (Wildman–Crippen LogP) is 2.62. The first-order chi connectivity index (χ1) is 13.7. The van der Waals surface area contributed by atoms with Gasteiger partial charge in [0, 0.05) is 11.8 Å². The summed E-state index contributed by atoms with van der Waals surface area (Å²) in [5.74, 6) is 9.28. The molecule has 2 N–H and O–H groups in total. The molecular formula is C19H19N5O3S. The number of nitriles is 1. The molecule has 1 aromatic heterocycles. The third-order valence-corrected chi connectivity index (χ3v) is 4.62. The minimum Gasteiger partial charge on any atom is -0.497 e. The number of methoxy groups -OCH3 is 1. The monoisotopic (exact) mass is 397 g/mol. The Hall–Kier alpha value is -3.38. The summed E-state index contributed by atoms with van der Waals surface area (Å²) in [4.78, 5) is 0. The van der Waals surface area contributed by atoms with Crippen LogP contribution >= 0.6 is 11.8 Å². The maximum Gasteiger partial charge on any atom is 0.210 e. The first-order valence-corrected chi connectivity index (χ1v) is 9.40. The zero-order valence-corrected chi connectivity index (χ0v) is 16.1. The fourth-order valence-electron chi connectivity index (χ4n) is 2.26. The van der Waals surface area contributed by atoms with E-state index in [4.69, 9.17) is 25.3 Å². The fraction of sp³-hybridized carbons (Fsp3) is 0.211. The van der Waals surface area contributed by atoms with Gasteiger partial charge in [-0.1, -0.05) is 17.8 Å². The molecule has 0 unspecified atom stereocenters. The maximum absolute atomic E-state index is 8.79. The summed E-state index contributed by atoms with van der Waals surface area (Å²) < 4.78 is 17.9. The van der Waals surface area contributed by atoms with Crippen molar-refractivity contribution < 1.29 is 14.2 Å². The first-order valence-electron chi connectivity index (χ1n) is 8.41. The van der Waals surface area contributed by atoms with E-state index in [1.807, 2.05) is 18.2 Å². The van der Waals surface area contributed by atoms with Gasteiger partial charge in [0.05, 0.1) is 25.3 Å². The molecule has 0 bridgehead atoms. The third-order valence-electron chi connectivity index (χ3n) is 3.71. The zero-order chi connectivity index (χ0) is 19.8. The summed E-state index contributed by atoms with van der Waals surface area (Å²) in [6.07, 6.45) is 0. The summed E-state index contributed by atoms with van der Waals surface area (Å²) in [7, 11) is 1.60. The number of hydrogen-bond donors (Lipinski definition) is 1. The molecule has 9 heteroatoms. The Bertz CT molecular complexity index is 953. The lowest BCUT2D eigenvalue weighted by atomic mass is 10.2. The van der Waals surface area contributed by atoms with E-state index < -0.39 is 0 Å². The van der Waals surface area contributed by atoms with Crippen LogP contribution in [0.2, 0.25) is 0 Å². The van der Waals surface area contributed by atoms with Crippen molar-refractivity contribution in [2.75, 3.05) is 25.3 Å². The van der Waals surface area contributed by atoms with E-state index in [0.717, 1.165) is 0 Å². The number of benzene rings is 2. The molecule has 0 saturated heterocycles. The van der Waals surface area contributed by atoms with Gasteiger partial charge < -0.3 is 20.1 Å². The molecule has 144 valence electrons. The van der Waals surface area contributed by atoms with Crippen molar-refractivity contribution in [2.24, 2.45) is 0 Å². The molecule has 0 fully saturated rings. The highest BCUT2D eigenvalue weighted by molar-refractivity contribution is 7.99. The molecule has 0 saturated carbocycles. The molecule has 0 radical (unpaired) electrons. The van der Waals surface area contributed by atoms with Crippen LogP contribution in [0.15, 0.2) is 53.7 Å². The molecule has 0 atom stereocenters. The van der Waals surface area contributed by atoms with Gasteiger partial charge in [-0.05, 0) is 36.4 Å². The van der Waals surface area contributed by atoms with Crippen LogP contribution in [0.3, 0.4) is 0 Å². The highest BCUT2D eigenvalue weighted by atomic mass is 32.2. The minimum atomic E-state index is 0.193. The molecule has 2 aromatic carbocycles. The number of aromatic nitrogens is 3. The van der Waals surface area contributed by atoms with Crippen molar-refractivity contribution in [3.8, 4) is 23.3 Å². The molecule has 8 nitrogen and oxygen atoms in total. The molecule has 0 aliphatic heterocycles. The summed E-state index contributed by atoms with van der Waals surface area (Å²) >= 11 is 1.43. The van der Waals surface area contributed by atoms with E-state index in [1.54, 1.807) is 37.4 Å². The normalized spacial score (nSPS) is 10.3. The van der Waals surface area contributed by atoms with E-state index in [1.165, 1.54) is 16.4 Å². The zero-order valence-electron chi connectivity index (χ0n) is 15.2. The summed E-state index contributed by atoms with van der Waals surface area (Å²) in [5.41, 5.74) is 0.599. The third kappa shape index (κ3) is 5.08. The van der Waals surface area contributed by atoms with Crippen LogP contribution in [0.5, 0.6) is 17.2 Å². The van der Waals surface area contributed by atoms with Crippen molar-refractivity contribution in [1.29, 1.82) is 5.26 Å². The second kappa shape index (κ2) is 9.53. The van der Waals surface area contributed by atoms with Gasteiger partial charge in [-0.15, -0.1) is 10.2 Å². The Morgan fingerprint density at radius 1 is 1.07 bits per heavy atom. The van der Waals surface area contributed by atoms with Gasteiger partial charge in [-0.3, -0.25) is 0 Å². The van der Waals surface area contributed by atoms with Crippen molar-refractivity contribution in [3.05, 3.63) is 59.9 Å². The van der Waals surface area contributed by atoms with Crippen LogP contribution in [0.1, 0.15) is 11.4 Å². The molecule has 28 heavy (non-hydrogen) atoms. The van der Waals surface area contributed by atoms with Crippen molar-refractivity contribution in [3.63, 3.8) is 0 Å². The Morgan fingerprint density at radius 2 is 1.86 bits per heavy atom. The molecule has 0 amide bonds. The largest absolute Gasteiger partial charge is 0.497 e. The molecule has 0 aliphatic carbocycles. The van der Waals surface area contributed by atoms with E-state index in [-0.39, 0.29) is 6.61 Å². The van der Waals surface area contributed by atoms with Crippen LogP contribution < -0.4 is 20.1 Å². The van der Waals surface area contributed by atoms with E-state index >= 15 is 0 Å². The Balaban J connectivity index is 1.46. The van der Waals surface area contributed by atoms with Gasteiger partial charge in [0.15, 0.2) is 5.82 Å². The second-order valence-corrected chi connectivity index (χ2v) is 6.63. The smallest absolute Gasteiger partial charge is 0.210 e. The minimum absolute atomic E-state index is 0.193. The van der Waals surface area contributed by atoms with Crippen LogP contribution in [0, 0.1) is 11.3 Å². The van der Waals surface area contributed by atoms with Gasteiger partial charge in [-0.25, -0.2) is 4.68 Å². The van der Waals surface area contributed by atoms with Gasteiger partial charge in [0.1, 0.15) is 23.9 Å². The average Bonchev–Trinajstić information content (AvgIpc) is 3.09. The SMILES string of the molecule is COc1cccc(OCc2nnc(SCCOc3ccc(C#N)cc3)n2N)c1. The van der Waals surface area contributed by atoms with Crippen LogP contribution in [0.25, 0.3) is 0 Å². The number of nitrogens with two attached hydrogens (primary N) is 1. The standard InChI is InChI=1S/C19H19N5O3S/c1-25-16-3-2-4-17(11-16)27-13-18-22-23-19(24(18)21)28-10-9-26-15-7-5-14(12-20)6-8-15/h2-8,11H,9-10,13,21H2,1H3. The summed E-state index contributed by atoms with van der Waals surface area (Å²) in [5, 5.41) is 17.5. The number of ether oxygens (including phenoxy) is 3. The average molecular weight is 397 g/mol. The summed E-state index contributed by atoms with van der Waals surface area (Å²) in [6.45, 7) is 0.665. The quantitative estimate of drug-likeness (QED) is 0.333. The van der Waals surface area contributed by atoms with Gasteiger partial charge in [0.25, 0.3) is 0 Å². The lowest BCUT2D eigenvalue weighted by molar-refractivity contribution is 0.289. The van der Waals surface area contributed by atoms with Crippen LogP contribution in [-0.4, -0.2) is 34.3 Å². The molecule has 0 spiro atoms. The van der Waals surface area contributed by atoms with E-state index in [2.05, 4.69) is 16.3 Å². The van der Waals surface area contributed by atoms with Crippen molar-refractivity contribution in [2.45, 2.75) is 11.8 Å². The summed E-state index contributed by atoms with van der Waals surface area (Å²) in [6, 6.07) is 16.3. The van der Waals surface area contributed by atoms with Crippen molar-refractivity contribution in [1.82, 2.24) is 14.9 Å². The van der Waals surface area contributed by atoms with Crippen LogP contribution in [-0.2, 0) is 6.61 Å². The predicted molar refractivity (Wildman–Crippen MR) is 105 cm³/mol. The topological polar surface area (TPSA) is 108 Å². The molecular weight excluding hydrogens is 378 g/mol. The highest BCUT2D eigenvalue weighted by Gasteiger charge is 2.11. The molecule has 0 aliphatic rings. The van der Waals surface area contributed by atoms with Gasteiger partial charge in [-0.2, -0.15) is 5.26 Å². The number of thioether (sulfide) groups is 1. The molecule has 3 aromatic rings. The van der Waals surface area contributed by atoms with Gasteiger partial charge in [0.2, 0.25) is 5.16 Å². The Kier molecular flexibility index (Phi) is 6.59. The molecule has 1 heterocycles. The Morgan fingerprint density at radius 3 is 2.61 bits per heavy atom. The highest BCUT2D eigenvalue weighted by Crippen LogP contribution is 2.21. The number of nitrogens with zero attached hydrogens (tertiary/aromatic N) is 4. The fourth-order valence-corrected chi connectivity index (χ4v) is 2.95. The lowest BCUT2D eigenvalue weighted by Crippen LogP contribution is -2.16.